The summed E-state index contributed by atoms with van der Waals surface area (Å²) >= 11 is 0. The normalized spacial score (nSPS) is 33.3. The van der Waals surface area contributed by atoms with Gasteiger partial charge >= 0.3 is 12.3 Å². The summed E-state index contributed by atoms with van der Waals surface area (Å²) in [6, 6.07) is 0. The van der Waals surface area contributed by atoms with Crippen LogP contribution in [-0.4, -0.2) is 59.8 Å². The Bertz CT molecular complexity index is 496. The Morgan fingerprint density at radius 1 is 1.32 bits per heavy atom. The molecule has 4 nitrogen and oxygen atoms in total. The van der Waals surface area contributed by atoms with Crippen LogP contribution in [0.2, 0.25) is 0 Å². The number of nitrogens with zero attached hydrogens (tertiary/aromatic N) is 2. The van der Waals surface area contributed by atoms with E-state index in [2.05, 4.69) is 4.74 Å². The lowest BCUT2D eigenvalue weighted by Gasteiger charge is -2.42. The molecule has 0 N–H and O–H groups in total. The molecule has 7 heteroatoms. The lowest BCUT2D eigenvalue weighted by molar-refractivity contribution is -0.200. The van der Waals surface area contributed by atoms with Crippen LogP contribution in [0, 0.1) is 0 Å². The van der Waals surface area contributed by atoms with Gasteiger partial charge in [0.2, 0.25) is 0 Å². The molecule has 1 amide bonds. The minimum atomic E-state index is -4.82. The number of piperazine rings is 1. The van der Waals surface area contributed by atoms with E-state index in [1.165, 1.54) is 0 Å². The van der Waals surface area contributed by atoms with E-state index in [0.717, 1.165) is 4.90 Å². The summed E-state index contributed by atoms with van der Waals surface area (Å²) in [6.07, 6.45) is -8.95. The van der Waals surface area contributed by atoms with Crippen LogP contribution >= 0.6 is 0 Å². The van der Waals surface area contributed by atoms with Crippen LogP contribution in [0.15, 0.2) is 0 Å². The first-order valence-electron chi connectivity index (χ1n) is 8.28. The van der Waals surface area contributed by atoms with E-state index in [9.17, 15) is 18.0 Å². The molecular weight excluding hydrogens is 261 g/mol. The van der Waals surface area contributed by atoms with Crippen LogP contribution in [-0.2, 0) is 4.74 Å². The molecule has 0 aromatic carbocycles. The van der Waals surface area contributed by atoms with Crippen molar-refractivity contribution >= 4 is 6.09 Å². The van der Waals surface area contributed by atoms with Crippen molar-refractivity contribution in [2.24, 2.45) is 0 Å². The first-order valence-corrected chi connectivity index (χ1v) is 5.70. The third kappa shape index (κ3) is 4.56. The van der Waals surface area contributed by atoms with Crippen LogP contribution < -0.4 is 0 Å². The van der Waals surface area contributed by atoms with Crippen molar-refractivity contribution in [3.63, 3.8) is 0 Å². The largest absolute Gasteiger partial charge is 0.437 e. The summed E-state index contributed by atoms with van der Waals surface area (Å²) in [5.41, 5.74) is -0.946. The van der Waals surface area contributed by atoms with Crippen LogP contribution in [0.25, 0.3) is 0 Å². The number of ether oxygens (including phenoxy) is 1. The number of alkyl halides is 3. The number of hydrogen-bond acceptors (Lipinski definition) is 3. The molecule has 2 unspecified atom stereocenters. The van der Waals surface area contributed by atoms with Gasteiger partial charge in [0, 0.05) is 35.7 Å². The highest BCUT2D eigenvalue weighted by Gasteiger charge is 2.40. The highest BCUT2D eigenvalue weighted by atomic mass is 19.4. The molecule has 2 atom stereocenters. The first kappa shape index (κ1) is 9.85. The lowest BCUT2D eigenvalue weighted by atomic mass is 10.1. The number of carbonyl (C=O) groups excluding carboxylic acids is 1. The van der Waals surface area contributed by atoms with Crippen LogP contribution in [0.1, 0.15) is 34.5 Å². The van der Waals surface area contributed by atoms with E-state index in [1.807, 2.05) is 0 Å². The average Bonchev–Trinajstić information content (AvgIpc) is 2.30. The smallest absolute Gasteiger partial charge is 0.425 e. The first-order chi connectivity index (χ1) is 10.4. The molecule has 1 fully saturated rings. The molecule has 0 aromatic rings. The number of halogens is 3. The predicted octanol–water partition coefficient (Wildman–Crippen LogP) is 2.49. The molecule has 0 aromatic heterocycles. The van der Waals surface area contributed by atoms with Gasteiger partial charge in [-0.25, -0.2) is 4.79 Å². The predicted molar refractivity (Wildman–Crippen MR) is 64.9 cm³/mol. The van der Waals surface area contributed by atoms with Crippen molar-refractivity contribution in [3.05, 3.63) is 0 Å². The molecule has 0 saturated carbocycles. The summed E-state index contributed by atoms with van der Waals surface area (Å²) in [5.74, 6) is 0. The molecule has 0 bridgehead atoms. The summed E-state index contributed by atoms with van der Waals surface area (Å²) in [4.78, 5) is 13.1. The maximum Gasteiger partial charge on any atom is 0.425 e. The zero-order valence-corrected chi connectivity index (χ0v) is 11.2. The van der Waals surface area contributed by atoms with Gasteiger partial charge in [0.15, 0.2) is 6.10 Å². The van der Waals surface area contributed by atoms with Gasteiger partial charge in [-0.15, -0.1) is 0 Å². The van der Waals surface area contributed by atoms with Crippen molar-refractivity contribution in [2.45, 2.75) is 45.5 Å². The molecule has 1 rings (SSSR count). The van der Waals surface area contributed by atoms with Gasteiger partial charge in [-0.3, -0.25) is 4.90 Å². The second-order valence-corrected chi connectivity index (χ2v) is 5.13. The van der Waals surface area contributed by atoms with Crippen molar-refractivity contribution < 1.29 is 29.6 Å². The molecule has 1 heterocycles. The molecule has 1 aliphatic rings. The van der Waals surface area contributed by atoms with Gasteiger partial charge in [0.1, 0.15) is 0 Å². The molecule has 1 aliphatic heterocycles. The molecule has 1 saturated heterocycles. The molecule has 0 aliphatic carbocycles. The minimum Gasteiger partial charge on any atom is -0.437 e. The van der Waals surface area contributed by atoms with Crippen molar-refractivity contribution in [2.75, 3.05) is 26.1 Å². The number of amides is 1. The zero-order chi connectivity index (χ0) is 19.3. The van der Waals surface area contributed by atoms with Gasteiger partial charge in [0.05, 0.1) is 2.74 Å². The van der Waals surface area contributed by atoms with Gasteiger partial charge in [-0.2, -0.15) is 13.2 Å². The third-order valence-corrected chi connectivity index (χ3v) is 2.43. The Kier molecular flexibility index (Phi) is 2.88. The molecule has 0 radical (unpaired) electrons. The van der Waals surface area contributed by atoms with E-state index in [-0.39, 0.29) is 4.90 Å². The quantitative estimate of drug-likeness (QED) is 0.743. The fourth-order valence-corrected chi connectivity index (χ4v) is 1.21. The highest BCUT2D eigenvalue weighted by molar-refractivity contribution is 5.68. The van der Waals surface area contributed by atoms with E-state index in [0.29, 0.717) is 6.92 Å². The van der Waals surface area contributed by atoms with E-state index < -0.39 is 50.0 Å². The van der Waals surface area contributed by atoms with Gasteiger partial charge in [-0.1, -0.05) is 0 Å². The monoisotopic (exact) mass is 287 g/mol. The van der Waals surface area contributed by atoms with Crippen LogP contribution in [0.5, 0.6) is 0 Å². The maximum atomic E-state index is 12.5. The second-order valence-electron chi connectivity index (χ2n) is 5.13. The van der Waals surface area contributed by atoms with Gasteiger partial charge in [-0.05, 0) is 27.7 Å². The Labute approximate surface area is 118 Å². The van der Waals surface area contributed by atoms with Crippen molar-refractivity contribution in [1.82, 2.24) is 9.80 Å². The minimum absolute atomic E-state index is 0.204. The maximum absolute atomic E-state index is 12.5. The Morgan fingerprint density at radius 3 is 2.37 bits per heavy atom. The topological polar surface area (TPSA) is 32.8 Å². The van der Waals surface area contributed by atoms with Crippen LogP contribution in [0.3, 0.4) is 0 Å². The highest BCUT2D eigenvalue weighted by Crippen LogP contribution is 2.23. The van der Waals surface area contributed by atoms with Crippen LogP contribution in [0.4, 0.5) is 18.0 Å². The zero-order valence-electron chi connectivity index (χ0n) is 16.2. The summed E-state index contributed by atoms with van der Waals surface area (Å²) in [5, 5.41) is 0. The summed E-state index contributed by atoms with van der Waals surface area (Å²) < 4.78 is 81.6. The third-order valence-electron chi connectivity index (χ3n) is 2.43. The van der Waals surface area contributed by atoms with Crippen molar-refractivity contribution in [3.8, 4) is 0 Å². The van der Waals surface area contributed by atoms with E-state index >= 15 is 0 Å². The Balaban J connectivity index is 3.15. The number of carbonyl (C=O) groups is 1. The van der Waals surface area contributed by atoms with E-state index in [1.54, 1.807) is 20.8 Å². The number of hydrogen-bond donors (Lipinski definition) is 0. The summed E-state index contributed by atoms with van der Waals surface area (Å²) in [7, 11) is 0. The Hall–Kier alpha value is -0.980. The average molecular weight is 287 g/mol. The molecule has 112 valence electrons. The fourth-order valence-electron chi connectivity index (χ4n) is 1.21. The number of rotatable bonds is 1. The molecule has 0 spiro atoms. The van der Waals surface area contributed by atoms with Gasteiger partial charge < -0.3 is 9.64 Å². The molecule has 19 heavy (non-hydrogen) atoms. The molecular formula is C12H21F3N2O2. The van der Waals surface area contributed by atoms with Crippen molar-refractivity contribution in [1.29, 1.82) is 0 Å². The standard InChI is InChI=1S/C12H21F3N2O2/c1-9(12(13,14)15)19-10(18)16-5-7-17(8-6-16)11(2,3)4/h9H,5-8H2,1-4H3/i5D2,7D2,8D. The SMILES string of the molecule is [2H]C1CN(C(=O)OC(C)C(F)(F)F)C([2H])([2H])C([2H])([2H])N1C(C)(C)C. The Morgan fingerprint density at radius 2 is 1.89 bits per heavy atom. The van der Waals surface area contributed by atoms with E-state index in [4.69, 9.17) is 6.85 Å². The fraction of sp³-hybridized carbons (Fsp3) is 0.917. The second kappa shape index (κ2) is 5.56. The summed E-state index contributed by atoms with van der Waals surface area (Å²) in [6.45, 7) is -2.50. The lowest BCUT2D eigenvalue weighted by Crippen LogP contribution is -2.55. The van der Waals surface area contributed by atoms with Gasteiger partial charge in [0.25, 0.3) is 0 Å².